The zero-order valence-corrected chi connectivity index (χ0v) is 26.1. The van der Waals surface area contributed by atoms with Crippen molar-refractivity contribution < 1.29 is 37.7 Å². The van der Waals surface area contributed by atoms with Crippen molar-refractivity contribution in [2.75, 3.05) is 14.2 Å². The Morgan fingerprint density at radius 2 is 1.22 bits per heavy atom. The standard InChI is InChI=1S/C21H23FO3.C16H13FO3/c1-6-21(3,4)19(23)17-12-14(20(24)25-5)8-9-15(17)16-11-13(2)7-10-18(16)22;1-10-3-6-15(17)14(7-10)13-5-4-11(16(19)20-2)8-12(13)9-18/h6-12,19,23H,1H2,2-5H3;3-9H,1-2H3. The Labute approximate surface area is 262 Å². The van der Waals surface area contributed by atoms with Crippen molar-refractivity contribution in [1.82, 2.24) is 0 Å². The molecule has 0 aliphatic heterocycles. The van der Waals surface area contributed by atoms with Crippen LogP contribution < -0.4 is 0 Å². The normalized spacial score (nSPS) is 11.5. The fraction of sp³-hybridized carbons (Fsp3) is 0.216. The monoisotopic (exact) mass is 614 g/mol. The third-order valence-electron chi connectivity index (χ3n) is 7.42. The third kappa shape index (κ3) is 7.96. The first-order chi connectivity index (χ1) is 21.3. The maximum absolute atomic E-state index is 14.4. The molecule has 0 bridgehead atoms. The van der Waals surface area contributed by atoms with E-state index in [1.807, 2.05) is 27.7 Å². The zero-order chi connectivity index (χ0) is 33.5. The highest BCUT2D eigenvalue weighted by molar-refractivity contribution is 5.95. The minimum Gasteiger partial charge on any atom is -0.465 e. The Bertz CT molecular complexity index is 1740. The lowest BCUT2D eigenvalue weighted by molar-refractivity contribution is 0.0590. The topological polar surface area (TPSA) is 89.9 Å². The molecule has 234 valence electrons. The van der Waals surface area contributed by atoms with E-state index in [4.69, 9.17) is 4.74 Å². The van der Waals surface area contributed by atoms with Crippen molar-refractivity contribution in [2.24, 2.45) is 5.41 Å². The van der Waals surface area contributed by atoms with Crippen LogP contribution in [-0.4, -0.2) is 37.6 Å². The quantitative estimate of drug-likeness (QED) is 0.122. The summed E-state index contributed by atoms with van der Waals surface area (Å²) in [4.78, 5) is 34.5. The van der Waals surface area contributed by atoms with Gasteiger partial charge >= 0.3 is 11.9 Å². The number of aryl methyl sites for hydroxylation is 2. The van der Waals surface area contributed by atoms with E-state index in [0.29, 0.717) is 39.7 Å². The van der Waals surface area contributed by atoms with E-state index < -0.39 is 29.3 Å². The second kappa shape index (κ2) is 14.7. The summed E-state index contributed by atoms with van der Waals surface area (Å²) in [5.74, 6) is -1.85. The fourth-order valence-electron chi connectivity index (χ4n) is 4.63. The van der Waals surface area contributed by atoms with Crippen LogP contribution in [0.5, 0.6) is 0 Å². The highest BCUT2D eigenvalue weighted by Crippen LogP contribution is 2.40. The first-order valence-electron chi connectivity index (χ1n) is 14.0. The van der Waals surface area contributed by atoms with Gasteiger partial charge in [0, 0.05) is 22.1 Å². The Morgan fingerprint density at radius 3 is 1.69 bits per heavy atom. The van der Waals surface area contributed by atoms with E-state index in [2.05, 4.69) is 11.3 Å². The van der Waals surface area contributed by atoms with Crippen LogP contribution in [0.25, 0.3) is 22.3 Å². The number of aldehydes is 1. The molecule has 0 heterocycles. The lowest BCUT2D eigenvalue weighted by Gasteiger charge is -2.29. The number of rotatable bonds is 8. The highest BCUT2D eigenvalue weighted by Gasteiger charge is 2.29. The maximum Gasteiger partial charge on any atom is 0.337 e. The minimum atomic E-state index is -0.968. The predicted molar refractivity (Wildman–Crippen MR) is 170 cm³/mol. The van der Waals surface area contributed by atoms with E-state index in [1.54, 1.807) is 54.6 Å². The van der Waals surface area contributed by atoms with Crippen LogP contribution in [0.3, 0.4) is 0 Å². The molecular weight excluding hydrogens is 578 g/mol. The average molecular weight is 615 g/mol. The van der Waals surface area contributed by atoms with Crippen molar-refractivity contribution in [3.8, 4) is 22.3 Å². The zero-order valence-electron chi connectivity index (χ0n) is 26.1. The number of esters is 2. The van der Waals surface area contributed by atoms with Gasteiger partial charge in [-0.25, -0.2) is 18.4 Å². The van der Waals surface area contributed by atoms with Crippen molar-refractivity contribution >= 4 is 18.2 Å². The molecular formula is C37H36F2O6. The SMILES string of the molecule is C=CC(C)(C)C(O)c1cc(C(=O)OC)ccc1-c1cc(C)ccc1F.COC(=O)c1ccc(-c2cc(C)ccc2F)c(C=O)c1. The number of methoxy groups -OCH3 is 2. The van der Waals surface area contributed by atoms with E-state index in [1.165, 1.54) is 38.5 Å². The molecule has 0 aliphatic rings. The van der Waals surface area contributed by atoms with Gasteiger partial charge in [0.15, 0.2) is 6.29 Å². The number of ether oxygens (including phenoxy) is 2. The third-order valence-corrected chi connectivity index (χ3v) is 7.42. The van der Waals surface area contributed by atoms with Gasteiger partial charge < -0.3 is 14.6 Å². The highest BCUT2D eigenvalue weighted by atomic mass is 19.1. The Kier molecular flexibility index (Phi) is 11.3. The summed E-state index contributed by atoms with van der Waals surface area (Å²) in [7, 11) is 2.55. The molecule has 8 heteroatoms. The summed E-state index contributed by atoms with van der Waals surface area (Å²) in [6.07, 6.45) is 1.27. The number of aliphatic hydroxyl groups is 1. The summed E-state index contributed by atoms with van der Waals surface area (Å²) in [5.41, 5.74) is 4.09. The number of carbonyl (C=O) groups is 3. The molecule has 0 aromatic heterocycles. The molecule has 0 saturated carbocycles. The molecule has 0 radical (unpaired) electrons. The van der Waals surface area contributed by atoms with Gasteiger partial charge in [0.25, 0.3) is 0 Å². The van der Waals surface area contributed by atoms with Crippen LogP contribution >= 0.6 is 0 Å². The number of hydrogen-bond acceptors (Lipinski definition) is 6. The number of halogens is 2. The van der Waals surface area contributed by atoms with Crippen molar-refractivity contribution in [3.05, 3.63) is 130 Å². The molecule has 0 fully saturated rings. The van der Waals surface area contributed by atoms with Gasteiger partial charge in [0.05, 0.1) is 31.5 Å². The van der Waals surface area contributed by atoms with Crippen molar-refractivity contribution in [1.29, 1.82) is 0 Å². The summed E-state index contributed by atoms with van der Waals surface area (Å²) < 4.78 is 37.7. The van der Waals surface area contributed by atoms with E-state index in [0.717, 1.165) is 11.1 Å². The molecule has 1 N–H and O–H groups in total. The second-order valence-electron chi connectivity index (χ2n) is 11.1. The lowest BCUT2D eigenvalue weighted by atomic mass is 9.79. The first-order valence-corrected chi connectivity index (χ1v) is 14.0. The average Bonchev–Trinajstić information content (AvgIpc) is 3.05. The minimum absolute atomic E-state index is 0.248. The smallest absolute Gasteiger partial charge is 0.337 e. The number of aliphatic hydroxyl groups excluding tert-OH is 1. The molecule has 45 heavy (non-hydrogen) atoms. The Balaban J connectivity index is 0.000000251. The second-order valence-corrected chi connectivity index (χ2v) is 11.1. The summed E-state index contributed by atoms with van der Waals surface area (Å²) in [6, 6.07) is 18.7. The summed E-state index contributed by atoms with van der Waals surface area (Å²) in [6.45, 7) is 11.1. The van der Waals surface area contributed by atoms with Crippen LogP contribution in [0.1, 0.15) is 67.7 Å². The van der Waals surface area contributed by atoms with Crippen LogP contribution in [0.2, 0.25) is 0 Å². The van der Waals surface area contributed by atoms with Crippen LogP contribution in [0.4, 0.5) is 8.78 Å². The molecule has 1 unspecified atom stereocenters. The fourth-order valence-corrected chi connectivity index (χ4v) is 4.63. The number of hydrogen-bond donors (Lipinski definition) is 1. The molecule has 0 amide bonds. The van der Waals surface area contributed by atoms with Gasteiger partial charge in [0.1, 0.15) is 11.6 Å². The molecule has 0 saturated heterocycles. The molecule has 4 aromatic rings. The Morgan fingerprint density at radius 1 is 0.756 bits per heavy atom. The summed E-state index contributed by atoms with van der Waals surface area (Å²) >= 11 is 0. The maximum atomic E-state index is 14.4. The van der Waals surface area contributed by atoms with Crippen molar-refractivity contribution in [2.45, 2.75) is 33.8 Å². The Hall–Kier alpha value is -4.95. The van der Waals surface area contributed by atoms with Crippen LogP contribution in [-0.2, 0) is 9.47 Å². The van der Waals surface area contributed by atoms with E-state index in [-0.39, 0.29) is 16.9 Å². The van der Waals surface area contributed by atoms with Gasteiger partial charge in [-0.1, -0.05) is 55.3 Å². The summed E-state index contributed by atoms with van der Waals surface area (Å²) in [5, 5.41) is 10.9. The van der Waals surface area contributed by atoms with Crippen LogP contribution in [0, 0.1) is 30.9 Å². The van der Waals surface area contributed by atoms with Crippen LogP contribution in [0.15, 0.2) is 85.5 Å². The molecule has 0 spiro atoms. The molecule has 1 atom stereocenters. The van der Waals surface area contributed by atoms with Gasteiger partial charge in [0.2, 0.25) is 0 Å². The molecule has 4 aromatic carbocycles. The predicted octanol–water partition coefficient (Wildman–Crippen LogP) is 8.23. The largest absolute Gasteiger partial charge is 0.465 e. The number of carbonyl (C=O) groups excluding carboxylic acids is 3. The number of benzene rings is 4. The van der Waals surface area contributed by atoms with E-state index in [9.17, 15) is 28.3 Å². The van der Waals surface area contributed by atoms with Gasteiger partial charge in [-0.3, -0.25) is 4.79 Å². The van der Waals surface area contributed by atoms with E-state index >= 15 is 0 Å². The van der Waals surface area contributed by atoms with Gasteiger partial charge in [-0.2, -0.15) is 0 Å². The molecule has 0 aliphatic carbocycles. The molecule has 4 rings (SSSR count). The molecule has 6 nitrogen and oxygen atoms in total. The lowest BCUT2D eigenvalue weighted by Crippen LogP contribution is -2.20. The van der Waals surface area contributed by atoms with Crippen molar-refractivity contribution in [3.63, 3.8) is 0 Å². The van der Waals surface area contributed by atoms with Gasteiger partial charge in [-0.05, 0) is 79.1 Å². The van der Waals surface area contributed by atoms with Gasteiger partial charge in [-0.15, -0.1) is 6.58 Å². The first kappa shape index (κ1) is 34.5.